The van der Waals surface area contributed by atoms with E-state index < -0.39 is 0 Å². The molecule has 0 spiro atoms. The van der Waals surface area contributed by atoms with Gasteiger partial charge < -0.3 is 5.11 Å². The van der Waals surface area contributed by atoms with Gasteiger partial charge >= 0.3 is 0 Å². The van der Waals surface area contributed by atoms with Gasteiger partial charge in [0.25, 0.3) is 0 Å². The van der Waals surface area contributed by atoms with E-state index in [-0.39, 0.29) is 11.4 Å². The number of hydroxylamine groups is 1. The Kier molecular flexibility index (Phi) is 3.49. The number of phenols is 1. The van der Waals surface area contributed by atoms with Crippen LogP contribution in [0, 0.1) is 0 Å². The molecule has 1 rings (SSSR count). The average Bonchev–Trinajstić information content (AvgIpc) is 2.06. The molecule has 0 radical (unpaired) electrons. The summed E-state index contributed by atoms with van der Waals surface area (Å²) < 4.78 is 0. The summed E-state index contributed by atoms with van der Waals surface area (Å²) in [7, 11) is 0. The van der Waals surface area contributed by atoms with Crippen molar-refractivity contribution in [2.45, 2.75) is 32.9 Å². The summed E-state index contributed by atoms with van der Waals surface area (Å²) >= 11 is 0. The highest BCUT2D eigenvalue weighted by molar-refractivity contribution is 5.31. The molecule has 78 valence electrons. The second-order valence-corrected chi connectivity index (χ2v) is 4.16. The monoisotopic (exact) mass is 195 g/mol. The van der Waals surface area contributed by atoms with E-state index in [1.807, 2.05) is 32.9 Å². The lowest BCUT2D eigenvalue weighted by atomic mass is 10.2. The van der Waals surface area contributed by atoms with Crippen molar-refractivity contribution in [2.24, 2.45) is 0 Å². The number of nitrogens with one attached hydrogen (secondary N) is 1. The van der Waals surface area contributed by atoms with Crippen LogP contribution in [0.5, 0.6) is 5.75 Å². The zero-order valence-corrected chi connectivity index (χ0v) is 8.87. The lowest BCUT2D eigenvalue weighted by Crippen LogP contribution is -2.28. The molecule has 0 amide bonds. The summed E-state index contributed by atoms with van der Waals surface area (Å²) in [6.07, 6.45) is 0. The van der Waals surface area contributed by atoms with Crippen molar-refractivity contribution < 1.29 is 9.94 Å². The van der Waals surface area contributed by atoms with Crippen molar-refractivity contribution in [1.29, 1.82) is 0 Å². The van der Waals surface area contributed by atoms with Crippen LogP contribution in [0.4, 0.5) is 0 Å². The van der Waals surface area contributed by atoms with Crippen molar-refractivity contribution in [3.8, 4) is 5.75 Å². The van der Waals surface area contributed by atoms with Crippen LogP contribution in [0.1, 0.15) is 26.3 Å². The fraction of sp³-hybridized carbons (Fsp3) is 0.455. The van der Waals surface area contributed by atoms with Crippen molar-refractivity contribution in [3.63, 3.8) is 0 Å². The van der Waals surface area contributed by atoms with Gasteiger partial charge in [-0.1, -0.05) is 18.2 Å². The zero-order chi connectivity index (χ0) is 10.6. The van der Waals surface area contributed by atoms with Gasteiger partial charge in [-0.2, -0.15) is 5.48 Å². The quantitative estimate of drug-likeness (QED) is 0.726. The molecule has 1 aromatic carbocycles. The van der Waals surface area contributed by atoms with E-state index in [1.165, 1.54) is 0 Å². The molecule has 0 saturated heterocycles. The Labute approximate surface area is 84.7 Å². The van der Waals surface area contributed by atoms with Crippen molar-refractivity contribution in [2.75, 3.05) is 0 Å². The van der Waals surface area contributed by atoms with E-state index in [0.717, 1.165) is 5.56 Å². The van der Waals surface area contributed by atoms with Gasteiger partial charge in [-0.25, -0.2) is 0 Å². The van der Waals surface area contributed by atoms with Crippen LogP contribution in [0.2, 0.25) is 0 Å². The number of hydrogen-bond acceptors (Lipinski definition) is 3. The van der Waals surface area contributed by atoms with Gasteiger partial charge in [0.15, 0.2) is 0 Å². The summed E-state index contributed by atoms with van der Waals surface area (Å²) in [5.41, 5.74) is 3.43. The molecule has 0 heterocycles. The van der Waals surface area contributed by atoms with E-state index in [9.17, 15) is 5.11 Å². The Morgan fingerprint density at radius 2 is 1.93 bits per heavy atom. The lowest BCUT2D eigenvalue weighted by molar-refractivity contribution is -0.0759. The molecule has 2 N–H and O–H groups in total. The third-order valence-corrected chi connectivity index (χ3v) is 1.63. The first-order valence-corrected chi connectivity index (χ1v) is 4.67. The highest BCUT2D eigenvalue weighted by atomic mass is 16.7. The van der Waals surface area contributed by atoms with Crippen molar-refractivity contribution >= 4 is 0 Å². The molecule has 0 aliphatic carbocycles. The fourth-order valence-corrected chi connectivity index (χ4v) is 0.991. The maximum atomic E-state index is 9.44. The van der Waals surface area contributed by atoms with Gasteiger partial charge in [0.05, 0.1) is 5.60 Å². The SMILES string of the molecule is CC(C)(C)ONCc1ccccc1O. The molecule has 14 heavy (non-hydrogen) atoms. The Morgan fingerprint density at radius 1 is 1.29 bits per heavy atom. The summed E-state index contributed by atoms with van der Waals surface area (Å²) in [5.74, 6) is 0.289. The van der Waals surface area contributed by atoms with Crippen LogP contribution >= 0.6 is 0 Å². The van der Waals surface area contributed by atoms with E-state index in [0.29, 0.717) is 6.54 Å². The van der Waals surface area contributed by atoms with E-state index in [2.05, 4.69) is 5.48 Å². The summed E-state index contributed by atoms with van der Waals surface area (Å²) in [5, 5.41) is 9.44. The maximum absolute atomic E-state index is 9.44. The first-order valence-electron chi connectivity index (χ1n) is 4.67. The fourth-order valence-electron chi connectivity index (χ4n) is 0.991. The number of benzene rings is 1. The minimum absolute atomic E-state index is 0.218. The van der Waals surface area contributed by atoms with Crippen molar-refractivity contribution in [3.05, 3.63) is 29.8 Å². The highest BCUT2D eigenvalue weighted by Gasteiger charge is 2.10. The summed E-state index contributed by atoms with van der Waals surface area (Å²) in [6, 6.07) is 7.19. The van der Waals surface area contributed by atoms with Gasteiger partial charge in [0, 0.05) is 12.1 Å². The zero-order valence-electron chi connectivity index (χ0n) is 8.87. The minimum Gasteiger partial charge on any atom is -0.508 e. The third kappa shape index (κ3) is 3.77. The first kappa shape index (κ1) is 11.0. The predicted molar refractivity (Wildman–Crippen MR) is 55.8 cm³/mol. The van der Waals surface area contributed by atoms with Crippen LogP contribution in [0.15, 0.2) is 24.3 Å². The van der Waals surface area contributed by atoms with Crippen LogP contribution in [0.25, 0.3) is 0 Å². The van der Waals surface area contributed by atoms with Gasteiger partial charge in [0.2, 0.25) is 0 Å². The molecule has 0 fully saturated rings. The van der Waals surface area contributed by atoms with Crippen LogP contribution in [-0.2, 0) is 11.4 Å². The number of aromatic hydroxyl groups is 1. The molecule has 1 aromatic rings. The lowest BCUT2D eigenvalue weighted by Gasteiger charge is -2.19. The third-order valence-electron chi connectivity index (χ3n) is 1.63. The summed E-state index contributed by atoms with van der Waals surface area (Å²) in [4.78, 5) is 5.33. The van der Waals surface area contributed by atoms with E-state index >= 15 is 0 Å². The van der Waals surface area contributed by atoms with Crippen molar-refractivity contribution in [1.82, 2.24) is 5.48 Å². The Balaban J connectivity index is 2.43. The topological polar surface area (TPSA) is 41.5 Å². The van der Waals surface area contributed by atoms with Crippen LogP contribution in [0.3, 0.4) is 0 Å². The smallest absolute Gasteiger partial charge is 0.120 e. The highest BCUT2D eigenvalue weighted by Crippen LogP contribution is 2.15. The van der Waals surface area contributed by atoms with Gasteiger partial charge in [-0.05, 0) is 26.8 Å². The first-order chi connectivity index (χ1) is 6.49. The Bertz CT molecular complexity index is 292. The predicted octanol–water partition coefficient (Wildman–Crippen LogP) is 2.21. The second-order valence-electron chi connectivity index (χ2n) is 4.16. The molecule has 0 aliphatic heterocycles. The average molecular weight is 195 g/mol. The normalized spacial score (nSPS) is 11.6. The van der Waals surface area contributed by atoms with Crippen LogP contribution < -0.4 is 5.48 Å². The largest absolute Gasteiger partial charge is 0.508 e. The van der Waals surface area contributed by atoms with Gasteiger partial charge in [-0.15, -0.1) is 0 Å². The van der Waals surface area contributed by atoms with Gasteiger partial charge in [0.1, 0.15) is 5.75 Å². The molecule has 0 aromatic heterocycles. The number of rotatable bonds is 3. The molecule has 0 atom stereocenters. The van der Waals surface area contributed by atoms with E-state index in [1.54, 1.807) is 12.1 Å². The Hall–Kier alpha value is -1.06. The molecular weight excluding hydrogens is 178 g/mol. The molecule has 3 heteroatoms. The molecule has 0 unspecified atom stereocenters. The number of para-hydroxylation sites is 1. The van der Waals surface area contributed by atoms with Crippen LogP contribution in [-0.4, -0.2) is 10.7 Å². The molecule has 0 aliphatic rings. The number of hydrogen-bond donors (Lipinski definition) is 2. The molecular formula is C11H17NO2. The molecule has 0 saturated carbocycles. The molecule has 0 bridgehead atoms. The van der Waals surface area contributed by atoms with Gasteiger partial charge in [-0.3, -0.25) is 4.84 Å². The van der Waals surface area contributed by atoms with E-state index in [4.69, 9.17) is 4.84 Å². The number of phenolic OH excluding ortho intramolecular Hbond substituents is 1. The Morgan fingerprint density at radius 3 is 2.50 bits per heavy atom. The summed E-state index contributed by atoms with van der Waals surface area (Å²) in [6.45, 7) is 6.39. The maximum Gasteiger partial charge on any atom is 0.120 e. The standard InChI is InChI=1S/C11H17NO2/c1-11(2,3)14-12-8-9-6-4-5-7-10(9)13/h4-7,12-13H,8H2,1-3H3. The minimum atomic E-state index is -0.218. The second kappa shape index (κ2) is 4.44. The molecule has 3 nitrogen and oxygen atoms in total.